The van der Waals surface area contributed by atoms with Crippen LogP contribution in [0.4, 0.5) is 10.1 Å². The van der Waals surface area contributed by atoms with Gasteiger partial charge in [0.1, 0.15) is 5.82 Å². The summed E-state index contributed by atoms with van der Waals surface area (Å²) in [5.74, 6) is -0.621. The van der Waals surface area contributed by atoms with Crippen LogP contribution < -0.4 is 5.32 Å². The molecule has 1 aliphatic carbocycles. The van der Waals surface area contributed by atoms with Crippen molar-refractivity contribution in [3.63, 3.8) is 0 Å². The molecule has 1 atom stereocenters. The summed E-state index contributed by atoms with van der Waals surface area (Å²) >= 11 is 0. The van der Waals surface area contributed by atoms with Gasteiger partial charge in [0.15, 0.2) is 9.84 Å². The standard InChI is InChI=1S/C19H25FN2O4S/c1-22(17-10-11-27(25,26)12-17)19(24)14-4-2-13(3-5-14)18(23)21-16-8-6-15(20)7-9-16/h6-9,13-14,17H,2-5,10-12H2,1H3,(H,21,23). The summed E-state index contributed by atoms with van der Waals surface area (Å²) in [5, 5.41) is 2.79. The molecule has 2 amide bonds. The van der Waals surface area contributed by atoms with Crippen molar-refractivity contribution >= 4 is 27.3 Å². The van der Waals surface area contributed by atoms with E-state index >= 15 is 0 Å². The van der Waals surface area contributed by atoms with Gasteiger partial charge < -0.3 is 10.2 Å². The monoisotopic (exact) mass is 396 g/mol. The first kappa shape index (κ1) is 19.8. The molecule has 3 rings (SSSR count). The highest BCUT2D eigenvalue weighted by Crippen LogP contribution is 2.32. The molecule has 0 spiro atoms. The maximum absolute atomic E-state index is 12.9. The summed E-state index contributed by atoms with van der Waals surface area (Å²) in [4.78, 5) is 26.7. The molecule has 2 fully saturated rings. The van der Waals surface area contributed by atoms with Crippen LogP contribution in [-0.2, 0) is 19.4 Å². The van der Waals surface area contributed by atoms with Gasteiger partial charge in [-0.2, -0.15) is 0 Å². The van der Waals surface area contributed by atoms with Crippen molar-refractivity contribution in [2.24, 2.45) is 11.8 Å². The van der Waals surface area contributed by atoms with Crippen molar-refractivity contribution in [3.05, 3.63) is 30.1 Å². The molecule has 148 valence electrons. The molecule has 1 saturated carbocycles. The SMILES string of the molecule is CN(C(=O)C1CCC(C(=O)Nc2ccc(F)cc2)CC1)C1CCS(=O)(=O)C1. The van der Waals surface area contributed by atoms with E-state index in [0.29, 0.717) is 37.8 Å². The smallest absolute Gasteiger partial charge is 0.227 e. The van der Waals surface area contributed by atoms with Gasteiger partial charge in [0, 0.05) is 30.6 Å². The topological polar surface area (TPSA) is 83.6 Å². The molecule has 27 heavy (non-hydrogen) atoms. The van der Waals surface area contributed by atoms with Gasteiger partial charge in [0.05, 0.1) is 11.5 Å². The second-order valence-electron chi connectivity index (χ2n) is 7.55. The Kier molecular flexibility index (Phi) is 5.83. The molecule has 1 aromatic carbocycles. The fraction of sp³-hybridized carbons (Fsp3) is 0.579. The minimum atomic E-state index is -3.03. The van der Waals surface area contributed by atoms with E-state index in [0.717, 1.165) is 0 Å². The number of carbonyl (C=O) groups excluding carboxylic acids is 2. The number of nitrogens with one attached hydrogen (secondary N) is 1. The van der Waals surface area contributed by atoms with Gasteiger partial charge in [-0.05, 0) is 56.4 Å². The van der Waals surface area contributed by atoms with Gasteiger partial charge in [0.2, 0.25) is 11.8 Å². The lowest BCUT2D eigenvalue weighted by Crippen LogP contribution is -2.42. The maximum Gasteiger partial charge on any atom is 0.227 e. The van der Waals surface area contributed by atoms with Gasteiger partial charge in [-0.25, -0.2) is 12.8 Å². The second-order valence-corrected chi connectivity index (χ2v) is 9.78. The van der Waals surface area contributed by atoms with Gasteiger partial charge in [0.25, 0.3) is 0 Å². The zero-order valence-electron chi connectivity index (χ0n) is 15.4. The van der Waals surface area contributed by atoms with Crippen molar-refractivity contribution in [3.8, 4) is 0 Å². The average molecular weight is 396 g/mol. The molecule has 6 nitrogen and oxygen atoms in total. The lowest BCUT2D eigenvalue weighted by Gasteiger charge is -2.32. The summed E-state index contributed by atoms with van der Waals surface area (Å²) in [5.41, 5.74) is 0.557. The van der Waals surface area contributed by atoms with Crippen LogP contribution in [0.3, 0.4) is 0 Å². The highest BCUT2D eigenvalue weighted by molar-refractivity contribution is 7.91. The Bertz CT molecular complexity index is 802. The molecular weight excluding hydrogens is 371 g/mol. The fourth-order valence-corrected chi connectivity index (χ4v) is 5.70. The lowest BCUT2D eigenvalue weighted by atomic mass is 9.80. The van der Waals surface area contributed by atoms with Crippen LogP contribution in [0.1, 0.15) is 32.1 Å². The van der Waals surface area contributed by atoms with Gasteiger partial charge >= 0.3 is 0 Å². The van der Waals surface area contributed by atoms with Crippen molar-refractivity contribution in [2.75, 3.05) is 23.9 Å². The Labute approximate surface area is 159 Å². The summed E-state index contributed by atoms with van der Waals surface area (Å²) in [6.07, 6.45) is 2.95. The molecule has 8 heteroatoms. The fourth-order valence-electron chi connectivity index (χ4n) is 3.93. The number of rotatable bonds is 4. The second kappa shape index (κ2) is 7.96. The van der Waals surface area contributed by atoms with Crippen LogP contribution in [0, 0.1) is 17.7 Å². The van der Waals surface area contributed by atoms with Gasteiger partial charge in [-0.1, -0.05) is 0 Å². The Hall–Kier alpha value is -1.96. The third-order valence-corrected chi connectivity index (χ3v) is 7.41. The predicted molar refractivity (Wildman–Crippen MR) is 100 cm³/mol. The molecule has 1 aliphatic heterocycles. The summed E-state index contributed by atoms with van der Waals surface area (Å²) < 4.78 is 36.2. The summed E-state index contributed by atoms with van der Waals surface area (Å²) in [7, 11) is -1.35. The van der Waals surface area contributed by atoms with E-state index in [4.69, 9.17) is 0 Å². The maximum atomic E-state index is 12.9. The van der Waals surface area contributed by atoms with Crippen LogP contribution in [0.25, 0.3) is 0 Å². The number of amides is 2. The first-order valence-electron chi connectivity index (χ1n) is 9.29. The Morgan fingerprint density at radius 3 is 2.19 bits per heavy atom. The number of hydrogen-bond donors (Lipinski definition) is 1. The Morgan fingerprint density at radius 1 is 1.04 bits per heavy atom. The minimum Gasteiger partial charge on any atom is -0.341 e. The third-order valence-electron chi connectivity index (χ3n) is 5.66. The highest BCUT2D eigenvalue weighted by Gasteiger charge is 2.37. The highest BCUT2D eigenvalue weighted by atomic mass is 32.2. The van der Waals surface area contributed by atoms with Crippen LogP contribution in [0.5, 0.6) is 0 Å². The molecular formula is C19H25FN2O4S. The molecule has 1 heterocycles. The van der Waals surface area contributed by atoms with E-state index in [2.05, 4.69) is 5.32 Å². The summed E-state index contributed by atoms with van der Waals surface area (Å²) in [6.45, 7) is 0. The lowest BCUT2D eigenvalue weighted by molar-refractivity contribution is -0.138. The van der Waals surface area contributed by atoms with E-state index in [1.807, 2.05) is 0 Å². The number of anilines is 1. The quantitative estimate of drug-likeness (QED) is 0.846. The zero-order chi connectivity index (χ0) is 19.6. The first-order chi connectivity index (χ1) is 12.7. The van der Waals surface area contributed by atoms with Crippen molar-refractivity contribution < 1.29 is 22.4 Å². The Morgan fingerprint density at radius 2 is 1.63 bits per heavy atom. The number of sulfone groups is 1. The van der Waals surface area contributed by atoms with E-state index in [1.54, 1.807) is 11.9 Å². The van der Waals surface area contributed by atoms with Crippen molar-refractivity contribution in [2.45, 2.75) is 38.1 Å². The molecule has 0 radical (unpaired) electrons. The first-order valence-corrected chi connectivity index (χ1v) is 11.1. The molecule has 0 bridgehead atoms. The van der Waals surface area contributed by atoms with Crippen LogP contribution in [0.2, 0.25) is 0 Å². The van der Waals surface area contributed by atoms with Crippen LogP contribution in [-0.4, -0.2) is 49.7 Å². The van der Waals surface area contributed by atoms with Gasteiger partial charge in [-0.3, -0.25) is 9.59 Å². The van der Waals surface area contributed by atoms with E-state index in [9.17, 15) is 22.4 Å². The minimum absolute atomic E-state index is 0.0190. The molecule has 2 aliphatic rings. The van der Waals surface area contributed by atoms with Crippen LogP contribution in [0.15, 0.2) is 24.3 Å². The van der Waals surface area contributed by atoms with E-state index in [1.165, 1.54) is 24.3 Å². The van der Waals surface area contributed by atoms with Crippen molar-refractivity contribution in [1.82, 2.24) is 4.90 Å². The van der Waals surface area contributed by atoms with Crippen LogP contribution >= 0.6 is 0 Å². The number of carbonyl (C=O) groups is 2. The molecule has 1 N–H and O–H groups in total. The molecule has 0 aromatic heterocycles. The Balaban J connectivity index is 1.50. The average Bonchev–Trinajstić information content (AvgIpc) is 3.02. The number of benzene rings is 1. The predicted octanol–water partition coefficient (Wildman–Crippen LogP) is 2.22. The largest absolute Gasteiger partial charge is 0.341 e. The third kappa shape index (κ3) is 4.86. The van der Waals surface area contributed by atoms with E-state index in [-0.39, 0.29) is 47.0 Å². The molecule has 1 aromatic rings. The number of hydrogen-bond acceptors (Lipinski definition) is 4. The normalized spacial score (nSPS) is 27.1. The number of nitrogens with zero attached hydrogens (tertiary/aromatic N) is 1. The van der Waals surface area contributed by atoms with Crippen molar-refractivity contribution in [1.29, 1.82) is 0 Å². The van der Waals surface area contributed by atoms with E-state index < -0.39 is 9.84 Å². The zero-order valence-corrected chi connectivity index (χ0v) is 16.2. The van der Waals surface area contributed by atoms with Gasteiger partial charge in [-0.15, -0.1) is 0 Å². The summed E-state index contributed by atoms with van der Waals surface area (Å²) in [6, 6.07) is 5.40. The number of halogens is 1. The molecule has 1 saturated heterocycles. The molecule has 1 unspecified atom stereocenters.